The second-order valence-electron chi connectivity index (χ2n) is 7.51. The molecule has 2 aromatic rings. The van der Waals surface area contributed by atoms with Crippen LogP contribution in [0, 0.1) is 12.3 Å². The highest BCUT2D eigenvalue weighted by molar-refractivity contribution is 5.92. The maximum Gasteiger partial charge on any atom is 0.387 e. The molecule has 0 saturated carbocycles. The third-order valence-electron chi connectivity index (χ3n) is 3.86. The summed E-state index contributed by atoms with van der Waals surface area (Å²) in [7, 11) is 0. The molecule has 1 unspecified atom stereocenters. The molecule has 2 rings (SSSR count). The lowest BCUT2D eigenvalue weighted by molar-refractivity contribution is -0.0497. The van der Waals surface area contributed by atoms with Crippen LogP contribution in [-0.2, 0) is 0 Å². The van der Waals surface area contributed by atoms with Crippen LogP contribution in [-0.4, -0.2) is 17.6 Å². The van der Waals surface area contributed by atoms with E-state index in [1.54, 1.807) is 12.1 Å². The van der Waals surface area contributed by atoms with Gasteiger partial charge in [0, 0.05) is 22.8 Å². The molecule has 0 aliphatic heterocycles. The van der Waals surface area contributed by atoms with E-state index in [4.69, 9.17) is 0 Å². The SMILES string of the molecule is Cc1cc(NC(C)CCC(C)(C)C)c2cc(OC(F)F)ccc2n1. The molecule has 0 radical (unpaired) electrons. The van der Waals surface area contributed by atoms with Crippen LogP contribution in [0.2, 0.25) is 0 Å². The number of nitrogens with one attached hydrogen (secondary N) is 1. The highest BCUT2D eigenvalue weighted by atomic mass is 19.3. The van der Waals surface area contributed by atoms with E-state index in [2.05, 4.69) is 42.7 Å². The molecule has 0 aliphatic carbocycles. The smallest absolute Gasteiger partial charge is 0.387 e. The fourth-order valence-electron chi connectivity index (χ4n) is 2.62. The zero-order chi connectivity index (χ0) is 17.9. The van der Waals surface area contributed by atoms with Crippen molar-refractivity contribution in [2.75, 3.05) is 5.32 Å². The second-order valence-corrected chi connectivity index (χ2v) is 7.51. The number of pyridine rings is 1. The van der Waals surface area contributed by atoms with Crippen molar-refractivity contribution in [3.63, 3.8) is 0 Å². The number of aryl methyl sites for hydroxylation is 1. The van der Waals surface area contributed by atoms with E-state index < -0.39 is 6.61 Å². The maximum absolute atomic E-state index is 12.5. The van der Waals surface area contributed by atoms with Crippen LogP contribution in [0.15, 0.2) is 24.3 Å². The van der Waals surface area contributed by atoms with Crippen molar-refractivity contribution in [3.8, 4) is 5.75 Å². The fraction of sp³-hybridized carbons (Fsp3) is 0.526. The van der Waals surface area contributed by atoms with Crippen LogP contribution in [0.5, 0.6) is 5.75 Å². The van der Waals surface area contributed by atoms with E-state index in [-0.39, 0.29) is 17.2 Å². The van der Waals surface area contributed by atoms with Crippen molar-refractivity contribution in [2.24, 2.45) is 5.41 Å². The minimum Gasteiger partial charge on any atom is -0.435 e. The van der Waals surface area contributed by atoms with Gasteiger partial charge in [-0.25, -0.2) is 0 Å². The second kappa shape index (κ2) is 7.32. The third kappa shape index (κ3) is 5.32. The van der Waals surface area contributed by atoms with Gasteiger partial charge < -0.3 is 10.1 Å². The standard InChI is InChI=1S/C19H26F2N2O/c1-12(8-9-19(3,4)5)22-17-10-13(2)23-16-7-6-14(11-15(16)17)24-18(20)21/h6-7,10-12,18H,8-9H2,1-5H3,(H,22,23). The number of ether oxygens (including phenoxy) is 1. The third-order valence-corrected chi connectivity index (χ3v) is 3.86. The van der Waals surface area contributed by atoms with Gasteiger partial charge in [0.05, 0.1) is 5.52 Å². The van der Waals surface area contributed by atoms with E-state index in [0.29, 0.717) is 0 Å². The monoisotopic (exact) mass is 336 g/mol. The summed E-state index contributed by atoms with van der Waals surface area (Å²) in [5.41, 5.74) is 2.83. The predicted octanol–water partition coefficient (Wildman–Crippen LogP) is 5.77. The van der Waals surface area contributed by atoms with Gasteiger partial charge in [-0.15, -0.1) is 0 Å². The summed E-state index contributed by atoms with van der Waals surface area (Å²) in [6, 6.07) is 7.07. The van der Waals surface area contributed by atoms with E-state index in [1.807, 2.05) is 13.0 Å². The molecule has 1 aromatic carbocycles. The van der Waals surface area contributed by atoms with Gasteiger partial charge in [0.2, 0.25) is 0 Å². The topological polar surface area (TPSA) is 34.1 Å². The number of halogens is 2. The quantitative estimate of drug-likeness (QED) is 0.727. The molecule has 3 nitrogen and oxygen atoms in total. The number of anilines is 1. The number of aromatic nitrogens is 1. The van der Waals surface area contributed by atoms with E-state index in [0.717, 1.165) is 35.1 Å². The summed E-state index contributed by atoms with van der Waals surface area (Å²) in [6.07, 6.45) is 2.13. The van der Waals surface area contributed by atoms with Crippen LogP contribution >= 0.6 is 0 Å². The minimum atomic E-state index is -2.83. The molecule has 24 heavy (non-hydrogen) atoms. The average Bonchev–Trinajstić information content (AvgIpc) is 2.44. The van der Waals surface area contributed by atoms with Crippen molar-refractivity contribution < 1.29 is 13.5 Å². The molecule has 5 heteroatoms. The number of hydrogen-bond acceptors (Lipinski definition) is 3. The summed E-state index contributed by atoms with van der Waals surface area (Å²) in [6.45, 7) is 7.89. The molecule has 1 aromatic heterocycles. The number of nitrogens with zero attached hydrogens (tertiary/aromatic N) is 1. The van der Waals surface area contributed by atoms with Gasteiger partial charge in [-0.3, -0.25) is 4.98 Å². The Morgan fingerprint density at radius 3 is 2.54 bits per heavy atom. The Balaban J connectivity index is 2.26. The van der Waals surface area contributed by atoms with E-state index >= 15 is 0 Å². The molecule has 1 N–H and O–H groups in total. The Morgan fingerprint density at radius 1 is 1.21 bits per heavy atom. The number of benzene rings is 1. The van der Waals surface area contributed by atoms with Crippen LogP contribution in [0.25, 0.3) is 10.9 Å². The highest BCUT2D eigenvalue weighted by Gasteiger charge is 2.14. The van der Waals surface area contributed by atoms with Crippen molar-refractivity contribution >= 4 is 16.6 Å². The molecule has 0 saturated heterocycles. The van der Waals surface area contributed by atoms with Gasteiger partial charge in [0.15, 0.2) is 0 Å². The first-order chi connectivity index (χ1) is 11.1. The highest BCUT2D eigenvalue weighted by Crippen LogP contribution is 2.29. The number of alkyl halides is 2. The Morgan fingerprint density at radius 2 is 1.92 bits per heavy atom. The van der Waals surface area contributed by atoms with Crippen LogP contribution in [0.1, 0.15) is 46.2 Å². The summed E-state index contributed by atoms with van der Waals surface area (Å²) in [5.74, 6) is 0.147. The number of hydrogen-bond donors (Lipinski definition) is 1. The summed E-state index contributed by atoms with van der Waals surface area (Å²) >= 11 is 0. The first-order valence-electron chi connectivity index (χ1n) is 8.27. The lowest BCUT2D eigenvalue weighted by Crippen LogP contribution is -2.18. The zero-order valence-electron chi connectivity index (χ0n) is 15.0. The maximum atomic E-state index is 12.5. The first kappa shape index (κ1) is 18.4. The Bertz CT molecular complexity index is 696. The van der Waals surface area contributed by atoms with Gasteiger partial charge in [-0.1, -0.05) is 20.8 Å². The Kier molecular flexibility index (Phi) is 5.62. The Hall–Kier alpha value is -1.91. The zero-order valence-corrected chi connectivity index (χ0v) is 15.0. The first-order valence-corrected chi connectivity index (χ1v) is 8.27. The summed E-state index contributed by atoms with van der Waals surface area (Å²) < 4.78 is 29.4. The largest absolute Gasteiger partial charge is 0.435 e. The molecule has 132 valence electrons. The lowest BCUT2D eigenvalue weighted by Gasteiger charge is -2.23. The van der Waals surface area contributed by atoms with Crippen LogP contribution < -0.4 is 10.1 Å². The fourth-order valence-corrected chi connectivity index (χ4v) is 2.62. The van der Waals surface area contributed by atoms with Crippen molar-refractivity contribution in [3.05, 3.63) is 30.0 Å². The van der Waals surface area contributed by atoms with Crippen molar-refractivity contribution in [2.45, 2.75) is 60.1 Å². The molecular formula is C19H26F2N2O. The molecular weight excluding hydrogens is 310 g/mol. The number of fused-ring (bicyclic) bond motifs is 1. The summed E-state index contributed by atoms with van der Waals surface area (Å²) in [4.78, 5) is 4.47. The lowest BCUT2D eigenvalue weighted by atomic mass is 9.89. The van der Waals surface area contributed by atoms with Gasteiger partial charge >= 0.3 is 6.61 Å². The van der Waals surface area contributed by atoms with Crippen molar-refractivity contribution in [1.82, 2.24) is 4.98 Å². The van der Waals surface area contributed by atoms with Crippen LogP contribution in [0.4, 0.5) is 14.5 Å². The molecule has 0 bridgehead atoms. The number of rotatable bonds is 6. The molecule has 1 heterocycles. The van der Waals surface area contributed by atoms with Gasteiger partial charge in [0.25, 0.3) is 0 Å². The average molecular weight is 336 g/mol. The molecule has 0 fully saturated rings. The van der Waals surface area contributed by atoms with Crippen molar-refractivity contribution in [1.29, 1.82) is 0 Å². The normalized spacial score (nSPS) is 13.3. The van der Waals surface area contributed by atoms with Gasteiger partial charge in [-0.2, -0.15) is 8.78 Å². The summed E-state index contributed by atoms with van der Waals surface area (Å²) in [5, 5.41) is 4.29. The molecule has 0 amide bonds. The van der Waals surface area contributed by atoms with E-state index in [1.165, 1.54) is 6.07 Å². The molecule has 0 aliphatic rings. The molecule has 0 spiro atoms. The van der Waals surface area contributed by atoms with Gasteiger partial charge in [-0.05, 0) is 56.4 Å². The Labute approximate surface area is 142 Å². The predicted molar refractivity (Wildman–Crippen MR) is 94.9 cm³/mol. The minimum absolute atomic E-state index is 0.147. The van der Waals surface area contributed by atoms with Gasteiger partial charge in [0.1, 0.15) is 5.75 Å². The van der Waals surface area contributed by atoms with E-state index in [9.17, 15) is 8.78 Å². The van der Waals surface area contributed by atoms with Crippen LogP contribution in [0.3, 0.4) is 0 Å². The molecule has 1 atom stereocenters.